The van der Waals surface area contributed by atoms with E-state index in [1.54, 1.807) is 0 Å². The number of hydrogen-bond donors (Lipinski definition) is 2. The van der Waals surface area contributed by atoms with Crippen LogP contribution < -0.4 is 5.32 Å². The van der Waals surface area contributed by atoms with Gasteiger partial charge in [0.2, 0.25) is 11.8 Å². The van der Waals surface area contributed by atoms with Gasteiger partial charge in [-0.3, -0.25) is 9.59 Å². The van der Waals surface area contributed by atoms with Gasteiger partial charge in [-0.15, -0.1) is 0 Å². The number of likely N-dealkylation sites (tertiary alicyclic amines) is 1. The molecule has 2 N–H and O–H groups in total. The van der Waals surface area contributed by atoms with Gasteiger partial charge in [-0.1, -0.05) is 27.7 Å². The summed E-state index contributed by atoms with van der Waals surface area (Å²) in [7, 11) is 0. The van der Waals surface area contributed by atoms with Gasteiger partial charge < -0.3 is 15.3 Å². The number of aliphatic hydroxyl groups is 1. The third kappa shape index (κ3) is 5.65. The standard InChI is InChI=1S/C16H30N2O3/c1-11(2)14(19)5-8-17-15(20)13-6-9-18(10-7-13)16(21)12(3)4/h11-14,19H,5-10H2,1-4H3,(H,17,20). The summed E-state index contributed by atoms with van der Waals surface area (Å²) in [6.45, 7) is 9.60. The summed E-state index contributed by atoms with van der Waals surface area (Å²) < 4.78 is 0. The Kier molecular flexibility index (Phi) is 7.15. The summed E-state index contributed by atoms with van der Waals surface area (Å²) in [6, 6.07) is 0. The zero-order valence-corrected chi connectivity index (χ0v) is 13.8. The number of rotatable bonds is 6. The predicted molar refractivity (Wildman–Crippen MR) is 82.6 cm³/mol. The van der Waals surface area contributed by atoms with Crippen LogP contribution in [-0.2, 0) is 9.59 Å². The van der Waals surface area contributed by atoms with E-state index in [0.717, 1.165) is 12.8 Å². The van der Waals surface area contributed by atoms with Crippen LogP contribution in [-0.4, -0.2) is 47.6 Å². The molecule has 0 radical (unpaired) electrons. The number of carbonyl (C=O) groups is 2. The Morgan fingerprint density at radius 3 is 2.24 bits per heavy atom. The number of carbonyl (C=O) groups excluding carboxylic acids is 2. The zero-order chi connectivity index (χ0) is 16.0. The molecule has 1 atom stereocenters. The minimum absolute atomic E-state index is 0.00240. The zero-order valence-electron chi connectivity index (χ0n) is 13.8. The van der Waals surface area contributed by atoms with Crippen LogP contribution >= 0.6 is 0 Å². The number of piperidine rings is 1. The van der Waals surface area contributed by atoms with Crippen LogP contribution in [0.4, 0.5) is 0 Å². The maximum Gasteiger partial charge on any atom is 0.225 e. The van der Waals surface area contributed by atoms with Crippen molar-refractivity contribution in [3.05, 3.63) is 0 Å². The second-order valence-corrected chi connectivity index (χ2v) is 6.65. The van der Waals surface area contributed by atoms with Gasteiger partial charge in [-0.05, 0) is 25.2 Å². The van der Waals surface area contributed by atoms with Crippen LogP contribution in [0, 0.1) is 17.8 Å². The van der Waals surface area contributed by atoms with Gasteiger partial charge in [0.15, 0.2) is 0 Å². The lowest BCUT2D eigenvalue weighted by molar-refractivity contribution is -0.138. The van der Waals surface area contributed by atoms with Crippen molar-refractivity contribution in [1.82, 2.24) is 10.2 Å². The Labute approximate surface area is 128 Å². The predicted octanol–water partition coefficient (Wildman–Crippen LogP) is 1.40. The van der Waals surface area contributed by atoms with Crippen molar-refractivity contribution in [2.24, 2.45) is 17.8 Å². The van der Waals surface area contributed by atoms with E-state index < -0.39 is 0 Å². The van der Waals surface area contributed by atoms with Crippen molar-refractivity contribution >= 4 is 11.8 Å². The van der Waals surface area contributed by atoms with E-state index in [4.69, 9.17) is 0 Å². The van der Waals surface area contributed by atoms with Crippen LogP contribution in [0.15, 0.2) is 0 Å². The summed E-state index contributed by atoms with van der Waals surface area (Å²) in [5.41, 5.74) is 0. The first-order valence-corrected chi connectivity index (χ1v) is 8.07. The fraction of sp³-hybridized carbons (Fsp3) is 0.875. The summed E-state index contributed by atoms with van der Waals surface area (Å²) in [5.74, 6) is 0.467. The van der Waals surface area contributed by atoms with E-state index in [2.05, 4.69) is 5.32 Å². The number of amides is 2. The van der Waals surface area contributed by atoms with Crippen molar-refractivity contribution in [2.75, 3.05) is 19.6 Å². The third-order valence-corrected chi connectivity index (χ3v) is 4.18. The van der Waals surface area contributed by atoms with Gasteiger partial charge >= 0.3 is 0 Å². The van der Waals surface area contributed by atoms with E-state index >= 15 is 0 Å². The lowest BCUT2D eigenvalue weighted by Crippen LogP contribution is -2.44. The fourth-order valence-corrected chi connectivity index (χ4v) is 2.55. The molecular weight excluding hydrogens is 268 g/mol. The van der Waals surface area contributed by atoms with Gasteiger partial charge in [0.25, 0.3) is 0 Å². The molecule has 0 aromatic rings. The highest BCUT2D eigenvalue weighted by atomic mass is 16.3. The highest BCUT2D eigenvalue weighted by molar-refractivity contribution is 5.80. The molecule has 1 saturated heterocycles. The number of aliphatic hydroxyl groups excluding tert-OH is 1. The molecule has 1 aliphatic heterocycles. The number of nitrogens with zero attached hydrogens (tertiary/aromatic N) is 1. The van der Waals surface area contributed by atoms with E-state index in [0.29, 0.717) is 26.1 Å². The molecule has 5 heteroatoms. The monoisotopic (exact) mass is 298 g/mol. The fourth-order valence-electron chi connectivity index (χ4n) is 2.55. The smallest absolute Gasteiger partial charge is 0.225 e. The van der Waals surface area contributed by atoms with Crippen molar-refractivity contribution < 1.29 is 14.7 Å². The summed E-state index contributed by atoms with van der Waals surface area (Å²) in [5, 5.41) is 12.6. The highest BCUT2D eigenvalue weighted by Crippen LogP contribution is 2.19. The van der Waals surface area contributed by atoms with Gasteiger partial charge in [0, 0.05) is 31.5 Å². The van der Waals surface area contributed by atoms with E-state index in [9.17, 15) is 14.7 Å². The van der Waals surface area contributed by atoms with E-state index in [-0.39, 0.29) is 35.7 Å². The Bertz CT molecular complexity index is 347. The van der Waals surface area contributed by atoms with Crippen molar-refractivity contribution in [2.45, 2.75) is 53.1 Å². The number of nitrogens with one attached hydrogen (secondary N) is 1. The highest BCUT2D eigenvalue weighted by Gasteiger charge is 2.28. The molecule has 21 heavy (non-hydrogen) atoms. The second kappa shape index (κ2) is 8.37. The molecule has 122 valence electrons. The second-order valence-electron chi connectivity index (χ2n) is 6.65. The first kappa shape index (κ1) is 18.0. The molecule has 0 bridgehead atoms. The average molecular weight is 298 g/mol. The molecule has 0 aliphatic carbocycles. The summed E-state index contributed by atoms with van der Waals surface area (Å²) in [6.07, 6.45) is 1.69. The third-order valence-electron chi connectivity index (χ3n) is 4.18. The van der Waals surface area contributed by atoms with E-state index in [1.165, 1.54) is 0 Å². The first-order chi connectivity index (χ1) is 9.82. The quantitative estimate of drug-likeness (QED) is 0.779. The van der Waals surface area contributed by atoms with Crippen molar-refractivity contribution in [3.63, 3.8) is 0 Å². The molecule has 2 amide bonds. The topological polar surface area (TPSA) is 69.6 Å². The van der Waals surface area contributed by atoms with Gasteiger partial charge in [0.1, 0.15) is 0 Å². The average Bonchev–Trinajstić information content (AvgIpc) is 2.46. The van der Waals surface area contributed by atoms with Gasteiger partial charge in [-0.2, -0.15) is 0 Å². The Morgan fingerprint density at radius 2 is 1.76 bits per heavy atom. The molecule has 5 nitrogen and oxygen atoms in total. The largest absolute Gasteiger partial charge is 0.393 e. The molecule has 0 aromatic heterocycles. The molecule has 0 spiro atoms. The lowest BCUT2D eigenvalue weighted by atomic mass is 9.95. The van der Waals surface area contributed by atoms with Crippen LogP contribution in [0.5, 0.6) is 0 Å². The van der Waals surface area contributed by atoms with E-state index in [1.807, 2.05) is 32.6 Å². The molecular formula is C16H30N2O3. The van der Waals surface area contributed by atoms with Gasteiger partial charge in [0.05, 0.1) is 6.10 Å². The SMILES string of the molecule is CC(C)C(=O)N1CCC(C(=O)NCCC(O)C(C)C)CC1. The molecule has 1 fully saturated rings. The first-order valence-electron chi connectivity index (χ1n) is 8.07. The Hall–Kier alpha value is -1.10. The Morgan fingerprint density at radius 1 is 1.19 bits per heavy atom. The molecule has 0 saturated carbocycles. The van der Waals surface area contributed by atoms with Gasteiger partial charge in [-0.25, -0.2) is 0 Å². The summed E-state index contributed by atoms with van der Waals surface area (Å²) in [4.78, 5) is 25.8. The molecule has 1 heterocycles. The number of hydrogen-bond acceptors (Lipinski definition) is 3. The van der Waals surface area contributed by atoms with Crippen LogP contribution in [0.1, 0.15) is 47.0 Å². The minimum Gasteiger partial charge on any atom is -0.393 e. The normalized spacial score (nSPS) is 18.1. The van der Waals surface area contributed by atoms with Crippen LogP contribution in [0.3, 0.4) is 0 Å². The van der Waals surface area contributed by atoms with Crippen LogP contribution in [0.2, 0.25) is 0 Å². The molecule has 1 rings (SSSR count). The van der Waals surface area contributed by atoms with Crippen LogP contribution in [0.25, 0.3) is 0 Å². The Balaban J connectivity index is 2.27. The molecule has 1 aliphatic rings. The van der Waals surface area contributed by atoms with Crippen molar-refractivity contribution in [3.8, 4) is 0 Å². The maximum atomic E-state index is 12.1. The minimum atomic E-state index is -0.365. The molecule has 1 unspecified atom stereocenters. The molecule has 0 aromatic carbocycles. The van der Waals surface area contributed by atoms with Crippen molar-refractivity contribution in [1.29, 1.82) is 0 Å². The lowest BCUT2D eigenvalue weighted by Gasteiger charge is -2.32. The summed E-state index contributed by atoms with van der Waals surface area (Å²) >= 11 is 0. The maximum absolute atomic E-state index is 12.1.